The van der Waals surface area contributed by atoms with Gasteiger partial charge in [-0.3, -0.25) is 24.0 Å². The Hall–Kier alpha value is -4.10. The smallest absolute Gasteiger partial charge is 0.326 e. The third-order valence-corrected chi connectivity index (χ3v) is 9.15. The molecule has 1 saturated carbocycles. The standard InChI is InChI=1S/C35H50N4O9/c1-6-7-9-14-24(30(42)33(45)37-25(35(47)48)17-21-12-10-8-11-13-21)36-31(43)28-22-15-16-26(40)23(22)18-39(28)34(46)27(19(2)3)38-32(44)29(41)20(4)5/h8-14,19-20,22-29,40-41H,6-7,15-18H2,1-5H3,(H,36,43)(H,37,45)(H,38,44)(H,47,48)/b14-9+/t22-,23-,24?,25-,26?,27-,28-,29-/m0/s1. The number of nitrogens with one attached hydrogen (secondary N) is 3. The van der Waals surface area contributed by atoms with E-state index < -0.39 is 95.4 Å². The second kappa shape index (κ2) is 17.3. The van der Waals surface area contributed by atoms with E-state index in [1.165, 1.54) is 11.0 Å². The molecule has 0 aromatic heterocycles. The predicted octanol–water partition coefficient (Wildman–Crippen LogP) is 0.964. The summed E-state index contributed by atoms with van der Waals surface area (Å²) in [5.74, 6) is -7.28. The van der Waals surface area contributed by atoms with Gasteiger partial charge in [0.1, 0.15) is 30.3 Å². The number of Topliss-reactive ketones (excluding diaryl/α,β-unsaturated/α-hetero) is 1. The van der Waals surface area contributed by atoms with Crippen LogP contribution in [0.25, 0.3) is 0 Å². The lowest BCUT2D eigenvalue weighted by atomic mass is 9.92. The largest absolute Gasteiger partial charge is 0.480 e. The van der Waals surface area contributed by atoms with E-state index in [0.29, 0.717) is 24.8 Å². The molecule has 48 heavy (non-hydrogen) atoms. The van der Waals surface area contributed by atoms with E-state index in [-0.39, 0.29) is 13.0 Å². The molecule has 1 saturated heterocycles. The SMILES string of the molecule is CCC/C=C/C(NC(=O)[C@@H]1[C@H]2CCC(O)[C@H]2CN1C(=O)[C@@H](NC(=O)[C@@H](O)C(C)C)C(C)C)C(=O)C(=O)N[C@@H](Cc1ccccc1)C(=O)O. The van der Waals surface area contributed by atoms with E-state index >= 15 is 0 Å². The van der Waals surface area contributed by atoms with Crippen LogP contribution < -0.4 is 16.0 Å². The van der Waals surface area contributed by atoms with Gasteiger partial charge in [-0.1, -0.05) is 83.5 Å². The Morgan fingerprint density at radius 3 is 2.19 bits per heavy atom. The number of allylic oxidation sites excluding steroid dienone is 1. The van der Waals surface area contributed by atoms with E-state index in [2.05, 4.69) is 16.0 Å². The van der Waals surface area contributed by atoms with Crippen molar-refractivity contribution in [3.8, 4) is 0 Å². The predicted molar refractivity (Wildman–Crippen MR) is 176 cm³/mol. The highest BCUT2D eigenvalue weighted by Gasteiger charge is 2.54. The number of fused-ring (bicyclic) bond motifs is 1. The molecule has 4 amide bonds. The molecule has 1 heterocycles. The number of aliphatic carboxylic acids is 1. The fourth-order valence-electron chi connectivity index (χ4n) is 6.35. The van der Waals surface area contributed by atoms with Crippen LogP contribution in [-0.4, -0.2) is 98.5 Å². The molecular weight excluding hydrogens is 620 g/mol. The number of carboxylic acid groups (broad SMARTS) is 1. The Morgan fingerprint density at radius 2 is 1.60 bits per heavy atom. The molecule has 1 aromatic carbocycles. The lowest BCUT2D eigenvalue weighted by molar-refractivity contribution is -0.146. The highest BCUT2D eigenvalue weighted by molar-refractivity contribution is 6.39. The molecule has 13 heteroatoms. The average molecular weight is 671 g/mol. The molecule has 13 nitrogen and oxygen atoms in total. The number of nitrogens with zero attached hydrogens (tertiary/aromatic N) is 1. The van der Waals surface area contributed by atoms with Crippen LogP contribution in [0.1, 0.15) is 65.9 Å². The Labute approximate surface area is 281 Å². The minimum Gasteiger partial charge on any atom is -0.480 e. The molecule has 1 aliphatic heterocycles. The van der Waals surface area contributed by atoms with Gasteiger partial charge in [0.05, 0.1) is 6.10 Å². The van der Waals surface area contributed by atoms with Crippen molar-refractivity contribution in [1.29, 1.82) is 0 Å². The molecule has 1 aliphatic carbocycles. The maximum Gasteiger partial charge on any atom is 0.326 e. The summed E-state index contributed by atoms with van der Waals surface area (Å²) >= 11 is 0. The molecule has 3 rings (SSSR count). The first kappa shape index (κ1) is 38.3. The summed E-state index contributed by atoms with van der Waals surface area (Å²) in [4.78, 5) is 80.7. The molecule has 0 radical (unpaired) electrons. The van der Waals surface area contributed by atoms with Crippen LogP contribution in [-0.2, 0) is 35.2 Å². The molecule has 2 fully saturated rings. The topological polar surface area (TPSA) is 202 Å². The third-order valence-electron chi connectivity index (χ3n) is 9.15. The van der Waals surface area contributed by atoms with Gasteiger partial charge in [-0.05, 0) is 42.6 Å². The molecule has 6 N–H and O–H groups in total. The summed E-state index contributed by atoms with van der Waals surface area (Å²) < 4.78 is 0. The van der Waals surface area contributed by atoms with E-state index in [0.717, 1.165) is 6.42 Å². The zero-order valence-corrected chi connectivity index (χ0v) is 28.3. The maximum atomic E-state index is 14.0. The fourth-order valence-corrected chi connectivity index (χ4v) is 6.35. The highest BCUT2D eigenvalue weighted by atomic mass is 16.4. The normalized spacial score (nSPS) is 23.0. The van der Waals surface area contributed by atoms with Crippen LogP contribution in [0.2, 0.25) is 0 Å². The van der Waals surface area contributed by atoms with Gasteiger partial charge in [0.25, 0.3) is 5.91 Å². The van der Waals surface area contributed by atoms with Gasteiger partial charge in [0.15, 0.2) is 0 Å². The van der Waals surface area contributed by atoms with Gasteiger partial charge in [-0.25, -0.2) is 4.79 Å². The Bertz CT molecular complexity index is 1350. The van der Waals surface area contributed by atoms with Crippen molar-refractivity contribution in [1.82, 2.24) is 20.9 Å². The first-order valence-electron chi connectivity index (χ1n) is 16.7. The van der Waals surface area contributed by atoms with E-state index in [9.17, 15) is 44.1 Å². The summed E-state index contributed by atoms with van der Waals surface area (Å²) in [6, 6.07) is 3.55. The lowest BCUT2D eigenvalue weighted by Gasteiger charge is -2.33. The number of carboxylic acids is 1. The van der Waals surface area contributed by atoms with E-state index in [1.807, 2.05) is 6.92 Å². The zero-order chi connectivity index (χ0) is 35.7. The Balaban J connectivity index is 1.86. The number of amides is 4. The molecule has 1 aromatic rings. The molecule has 2 unspecified atom stereocenters. The van der Waals surface area contributed by atoms with Crippen LogP contribution in [0.15, 0.2) is 42.5 Å². The molecular formula is C35H50N4O9. The number of rotatable bonds is 16. The van der Waals surface area contributed by atoms with Gasteiger partial charge >= 0.3 is 5.97 Å². The second-order valence-electron chi connectivity index (χ2n) is 13.4. The first-order chi connectivity index (χ1) is 22.7. The molecule has 8 atom stereocenters. The van der Waals surface area contributed by atoms with Crippen molar-refractivity contribution in [2.75, 3.05) is 6.54 Å². The molecule has 264 valence electrons. The van der Waals surface area contributed by atoms with Crippen LogP contribution in [0.3, 0.4) is 0 Å². The summed E-state index contributed by atoms with van der Waals surface area (Å²) in [6.07, 6.45) is 2.95. The number of unbranched alkanes of at least 4 members (excludes halogenated alkanes) is 1. The Kier molecular flexibility index (Phi) is 13.9. The van der Waals surface area contributed by atoms with Crippen LogP contribution in [0.4, 0.5) is 0 Å². The highest BCUT2D eigenvalue weighted by Crippen LogP contribution is 2.43. The molecule has 0 bridgehead atoms. The van der Waals surface area contributed by atoms with Crippen molar-refractivity contribution >= 4 is 35.4 Å². The number of hydrogen-bond acceptors (Lipinski definition) is 8. The first-order valence-corrected chi connectivity index (χ1v) is 16.7. The lowest BCUT2D eigenvalue weighted by Crippen LogP contribution is -2.59. The average Bonchev–Trinajstić information content (AvgIpc) is 3.61. The number of aliphatic hydroxyl groups is 2. The van der Waals surface area contributed by atoms with Gasteiger partial charge < -0.3 is 36.2 Å². The van der Waals surface area contributed by atoms with Gasteiger partial charge in [0, 0.05) is 18.9 Å². The van der Waals surface area contributed by atoms with Crippen molar-refractivity contribution in [2.45, 2.75) is 103 Å². The number of likely N-dealkylation sites (tertiary alicyclic amines) is 1. The molecule has 0 spiro atoms. The summed E-state index contributed by atoms with van der Waals surface area (Å²) in [6.45, 7) is 8.72. The number of aliphatic hydroxyl groups excluding tert-OH is 2. The van der Waals surface area contributed by atoms with Crippen molar-refractivity contribution in [3.63, 3.8) is 0 Å². The third kappa shape index (κ3) is 9.50. The van der Waals surface area contributed by atoms with Gasteiger partial charge in [-0.15, -0.1) is 0 Å². The number of benzene rings is 1. The molecule has 2 aliphatic rings. The second-order valence-corrected chi connectivity index (χ2v) is 13.4. The summed E-state index contributed by atoms with van der Waals surface area (Å²) in [5.41, 5.74) is 0.638. The monoisotopic (exact) mass is 670 g/mol. The number of carbonyl (C=O) groups is 6. The fraction of sp³-hybridized carbons (Fsp3) is 0.600. The summed E-state index contributed by atoms with van der Waals surface area (Å²) in [7, 11) is 0. The van der Waals surface area contributed by atoms with Crippen LogP contribution in [0, 0.1) is 23.7 Å². The quantitative estimate of drug-likeness (QED) is 0.109. The van der Waals surface area contributed by atoms with Crippen LogP contribution in [0.5, 0.6) is 0 Å². The number of ketones is 1. The van der Waals surface area contributed by atoms with Crippen molar-refractivity contribution in [3.05, 3.63) is 48.0 Å². The van der Waals surface area contributed by atoms with E-state index in [4.69, 9.17) is 0 Å². The van der Waals surface area contributed by atoms with Crippen molar-refractivity contribution < 1.29 is 44.1 Å². The number of hydrogen-bond donors (Lipinski definition) is 6. The minimum atomic E-state index is -1.46. The summed E-state index contributed by atoms with van der Waals surface area (Å²) in [5, 5.41) is 38.3. The van der Waals surface area contributed by atoms with Crippen molar-refractivity contribution in [2.24, 2.45) is 23.7 Å². The van der Waals surface area contributed by atoms with Gasteiger partial charge in [0.2, 0.25) is 23.5 Å². The van der Waals surface area contributed by atoms with Crippen LogP contribution >= 0.6 is 0 Å². The zero-order valence-electron chi connectivity index (χ0n) is 28.3. The number of carbonyl (C=O) groups excluding carboxylic acids is 5. The Morgan fingerprint density at radius 1 is 0.938 bits per heavy atom. The maximum absolute atomic E-state index is 14.0. The van der Waals surface area contributed by atoms with Gasteiger partial charge in [-0.2, -0.15) is 0 Å². The minimum absolute atomic E-state index is 0.0408. The van der Waals surface area contributed by atoms with E-state index in [1.54, 1.807) is 64.1 Å².